The second-order valence-electron chi connectivity index (χ2n) is 6.23. The summed E-state index contributed by atoms with van der Waals surface area (Å²) in [5.74, 6) is -0.571. The largest absolute Gasteiger partial charge is 0.481 e. The smallest absolute Gasteiger partial charge is 0.309 e. The molecule has 3 saturated carbocycles. The molecule has 0 aliphatic heterocycles. The molecule has 0 atom stereocenters. The molecule has 0 heterocycles. The highest BCUT2D eigenvalue weighted by molar-refractivity contribution is 9.10. The van der Waals surface area contributed by atoms with Crippen LogP contribution in [0.15, 0.2) is 28.7 Å². The minimum absolute atomic E-state index is 0.232. The van der Waals surface area contributed by atoms with Gasteiger partial charge >= 0.3 is 5.97 Å². The van der Waals surface area contributed by atoms with E-state index in [-0.39, 0.29) is 5.41 Å². The highest BCUT2D eigenvalue weighted by atomic mass is 79.9. The van der Waals surface area contributed by atoms with Crippen molar-refractivity contribution in [1.29, 1.82) is 0 Å². The first-order valence-corrected chi connectivity index (χ1v) is 7.85. The number of carboxylic acids is 1. The predicted octanol–water partition coefficient (Wildman–Crippen LogP) is 4.52. The summed E-state index contributed by atoms with van der Waals surface area (Å²) in [5, 5.41) is 9.52. The average molecular weight is 323 g/mol. The highest BCUT2D eigenvalue weighted by Gasteiger charge is 2.50. The SMILES string of the molecule is O=C(O)C12CCCC(c3ccc(Br)cc3)(CC1)CC2. The lowest BCUT2D eigenvalue weighted by Crippen LogP contribution is -2.38. The van der Waals surface area contributed by atoms with Gasteiger partial charge < -0.3 is 5.11 Å². The van der Waals surface area contributed by atoms with Gasteiger partial charge in [-0.15, -0.1) is 0 Å². The molecule has 0 aromatic heterocycles. The Morgan fingerprint density at radius 1 is 1.00 bits per heavy atom. The van der Waals surface area contributed by atoms with Crippen molar-refractivity contribution in [3.63, 3.8) is 0 Å². The number of hydrogen-bond acceptors (Lipinski definition) is 1. The number of halogens is 1. The van der Waals surface area contributed by atoms with Crippen LogP contribution >= 0.6 is 15.9 Å². The summed E-state index contributed by atoms with van der Waals surface area (Å²) in [6, 6.07) is 8.63. The maximum atomic E-state index is 11.6. The summed E-state index contributed by atoms with van der Waals surface area (Å²) in [6.45, 7) is 0. The van der Waals surface area contributed by atoms with Crippen LogP contribution in [-0.4, -0.2) is 11.1 Å². The Labute approximate surface area is 122 Å². The van der Waals surface area contributed by atoms with E-state index in [2.05, 4.69) is 40.2 Å². The maximum absolute atomic E-state index is 11.6. The van der Waals surface area contributed by atoms with Gasteiger partial charge in [-0.1, -0.05) is 34.5 Å². The van der Waals surface area contributed by atoms with Crippen molar-refractivity contribution >= 4 is 21.9 Å². The Hall–Kier alpha value is -0.830. The molecular weight excluding hydrogens is 304 g/mol. The number of rotatable bonds is 2. The van der Waals surface area contributed by atoms with Crippen molar-refractivity contribution in [3.8, 4) is 0 Å². The third-order valence-corrected chi connectivity index (χ3v) is 5.91. The van der Waals surface area contributed by atoms with E-state index in [4.69, 9.17) is 0 Å². The quantitative estimate of drug-likeness (QED) is 0.869. The van der Waals surface area contributed by atoms with Crippen LogP contribution in [0.1, 0.15) is 50.5 Å². The van der Waals surface area contributed by atoms with E-state index in [1.807, 2.05) is 0 Å². The lowest BCUT2D eigenvalue weighted by Gasteiger charge is -2.41. The Bertz CT molecular complexity index is 484. The first-order chi connectivity index (χ1) is 9.06. The van der Waals surface area contributed by atoms with Gasteiger partial charge in [0.2, 0.25) is 0 Å². The van der Waals surface area contributed by atoms with Gasteiger partial charge in [0.25, 0.3) is 0 Å². The standard InChI is InChI=1S/C16H19BrO2/c17-13-4-2-12(3-5-13)15-6-1-7-16(10-8-15,11-9-15)14(18)19/h2-5H,1,6-11H2,(H,18,19). The summed E-state index contributed by atoms with van der Waals surface area (Å²) in [5.41, 5.74) is 1.21. The van der Waals surface area contributed by atoms with Gasteiger partial charge in [0.05, 0.1) is 5.41 Å². The van der Waals surface area contributed by atoms with Gasteiger partial charge in [-0.3, -0.25) is 4.79 Å². The van der Waals surface area contributed by atoms with E-state index >= 15 is 0 Å². The van der Waals surface area contributed by atoms with E-state index in [0.717, 1.165) is 49.4 Å². The molecule has 4 rings (SSSR count). The number of hydrogen-bond donors (Lipinski definition) is 1. The summed E-state index contributed by atoms with van der Waals surface area (Å²) in [6.07, 6.45) is 6.80. The molecule has 0 radical (unpaired) electrons. The number of fused-ring (bicyclic) bond motifs is 4. The van der Waals surface area contributed by atoms with Crippen LogP contribution in [0.5, 0.6) is 0 Å². The molecule has 3 heteroatoms. The van der Waals surface area contributed by atoms with E-state index in [1.165, 1.54) is 5.56 Å². The normalized spacial score (nSPS) is 33.9. The minimum Gasteiger partial charge on any atom is -0.481 e. The summed E-state index contributed by atoms with van der Waals surface area (Å²) >= 11 is 3.48. The molecule has 1 aromatic rings. The monoisotopic (exact) mass is 322 g/mol. The maximum Gasteiger partial charge on any atom is 0.309 e. The molecule has 102 valence electrons. The van der Waals surface area contributed by atoms with Gasteiger partial charge in [-0.05, 0) is 61.6 Å². The number of benzene rings is 1. The Kier molecular flexibility index (Phi) is 3.20. The molecule has 0 saturated heterocycles. The summed E-state index contributed by atoms with van der Waals surface area (Å²) in [4.78, 5) is 11.6. The van der Waals surface area contributed by atoms with Crippen molar-refractivity contribution in [3.05, 3.63) is 34.3 Å². The first kappa shape index (κ1) is 13.2. The van der Waals surface area contributed by atoms with Gasteiger partial charge in [0.1, 0.15) is 0 Å². The number of carboxylic acid groups (broad SMARTS) is 1. The second kappa shape index (κ2) is 4.62. The fourth-order valence-electron chi connectivity index (χ4n) is 4.03. The predicted molar refractivity (Wildman–Crippen MR) is 78.2 cm³/mol. The van der Waals surface area contributed by atoms with Crippen LogP contribution in [0.4, 0.5) is 0 Å². The molecule has 1 N–H and O–H groups in total. The average Bonchev–Trinajstić information content (AvgIpc) is 2.71. The van der Waals surface area contributed by atoms with Gasteiger partial charge in [-0.2, -0.15) is 0 Å². The Morgan fingerprint density at radius 2 is 1.63 bits per heavy atom. The fourth-order valence-corrected chi connectivity index (χ4v) is 4.29. The van der Waals surface area contributed by atoms with Crippen molar-refractivity contribution in [2.24, 2.45) is 5.41 Å². The molecule has 1 aromatic carbocycles. The van der Waals surface area contributed by atoms with Crippen LogP contribution in [0.2, 0.25) is 0 Å². The van der Waals surface area contributed by atoms with E-state index in [9.17, 15) is 9.90 Å². The number of carbonyl (C=O) groups is 1. The summed E-state index contributed by atoms with van der Waals surface area (Å²) in [7, 11) is 0. The molecule has 0 spiro atoms. The molecular formula is C16H19BrO2. The molecule has 3 aliphatic carbocycles. The van der Waals surface area contributed by atoms with Gasteiger partial charge in [0, 0.05) is 4.47 Å². The van der Waals surface area contributed by atoms with E-state index in [0.29, 0.717) is 0 Å². The lowest BCUT2D eigenvalue weighted by atomic mass is 9.63. The highest BCUT2D eigenvalue weighted by Crippen LogP contribution is 2.55. The van der Waals surface area contributed by atoms with Crippen LogP contribution in [0.25, 0.3) is 0 Å². The number of aliphatic carboxylic acids is 1. The molecule has 3 fully saturated rings. The van der Waals surface area contributed by atoms with Crippen LogP contribution in [0, 0.1) is 5.41 Å². The second-order valence-corrected chi connectivity index (χ2v) is 7.14. The van der Waals surface area contributed by atoms with E-state index < -0.39 is 11.4 Å². The lowest BCUT2D eigenvalue weighted by molar-refractivity contribution is -0.151. The Morgan fingerprint density at radius 3 is 2.21 bits per heavy atom. The zero-order chi connectivity index (χ0) is 13.5. The molecule has 3 aliphatic rings. The van der Waals surface area contributed by atoms with Crippen LogP contribution in [0.3, 0.4) is 0 Å². The zero-order valence-electron chi connectivity index (χ0n) is 11.0. The third-order valence-electron chi connectivity index (χ3n) is 5.39. The Balaban J connectivity index is 1.92. The van der Waals surface area contributed by atoms with Crippen molar-refractivity contribution in [2.45, 2.75) is 50.4 Å². The molecule has 0 amide bonds. The molecule has 2 nitrogen and oxygen atoms in total. The topological polar surface area (TPSA) is 37.3 Å². The van der Waals surface area contributed by atoms with Gasteiger partial charge in [0.15, 0.2) is 0 Å². The molecule has 2 bridgehead atoms. The fraction of sp³-hybridized carbons (Fsp3) is 0.562. The zero-order valence-corrected chi connectivity index (χ0v) is 12.6. The van der Waals surface area contributed by atoms with Crippen LogP contribution in [-0.2, 0) is 10.2 Å². The third kappa shape index (κ3) is 2.12. The van der Waals surface area contributed by atoms with Crippen molar-refractivity contribution in [2.75, 3.05) is 0 Å². The minimum atomic E-state index is -0.571. The van der Waals surface area contributed by atoms with Crippen molar-refractivity contribution < 1.29 is 9.90 Å². The first-order valence-electron chi connectivity index (χ1n) is 7.06. The summed E-state index contributed by atoms with van der Waals surface area (Å²) < 4.78 is 1.11. The van der Waals surface area contributed by atoms with Crippen LogP contribution < -0.4 is 0 Å². The van der Waals surface area contributed by atoms with Crippen molar-refractivity contribution in [1.82, 2.24) is 0 Å². The van der Waals surface area contributed by atoms with Gasteiger partial charge in [-0.25, -0.2) is 0 Å². The molecule has 19 heavy (non-hydrogen) atoms. The molecule has 0 unspecified atom stereocenters. The van der Waals surface area contributed by atoms with E-state index in [1.54, 1.807) is 0 Å².